The van der Waals surface area contributed by atoms with Gasteiger partial charge in [-0.25, -0.2) is 0 Å². The van der Waals surface area contributed by atoms with E-state index >= 15 is 0 Å². The van der Waals surface area contributed by atoms with E-state index in [1.807, 2.05) is 0 Å². The van der Waals surface area contributed by atoms with Crippen molar-refractivity contribution in [1.29, 1.82) is 0 Å². The Balaban J connectivity index is 1.32. The molecule has 0 aliphatic carbocycles. The third-order valence-corrected chi connectivity index (χ3v) is 5.79. The van der Waals surface area contributed by atoms with Crippen molar-refractivity contribution in [2.24, 2.45) is 5.92 Å². The molecule has 174 valence electrons. The Morgan fingerprint density at radius 2 is 1.76 bits per heavy atom. The maximum Gasteiger partial charge on any atom is 0.416 e. The first-order valence-electron chi connectivity index (χ1n) is 10.5. The van der Waals surface area contributed by atoms with Crippen molar-refractivity contribution in [3.8, 4) is 5.75 Å². The summed E-state index contributed by atoms with van der Waals surface area (Å²) in [6, 6.07) is 9.10. The lowest BCUT2D eigenvalue weighted by Crippen LogP contribution is -2.41. The number of benzene rings is 2. The highest BCUT2D eigenvalue weighted by molar-refractivity contribution is 5.99. The molecule has 2 heterocycles. The van der Waals surface area contributed by atoms with Gasteiger partial charge in [-0.1, -0.05) is 0 Å². The third-order valence-electron chi connectivity index (χ3n) is 5.79. The standard InChI is InChI=1S/C23H22F3N3O4/c1-13-20(30)28-18-12-17(6-7-19(18)33-13)27-21(31)14-8-10-29(11-9-14)22(32)15-2-4-16(5-3-15)23(24,25)26/h2-7,12-14H,8-11H2,1H3,(H,27,31)(H,28,30). The molecule has 2 aromatic carbocycles. The number of carbonyl (C=O) groups excluding carboxylic acids is 3. The van der Waals surface area contributed by atoms with Gasteiger partial charge in [0.25, 0.3) is 11.8 Å². The Labute approximate surface area is 187 Å². The van der Waals surface area contributed by atoms with E-state index in [-0.39, 0.29) is 29.2 Å². The van der Waals surface area contributed by atoms with E-state index in [4.69, 9.17) is 4.74 Å². The van der Waals surface area contributed by atoms with Crippen molar-refractivity contribution in [3.05, 3.63) is 53.6 Å². The molecule has 0 radical (unpaired) electrons. The van der Waals surface area contributed by atoms with Gasteiger partial charge in [0.2, 0.25) is 5.91 Å². The van der Waals surface area contributed by atoms with Crippen LogP contribution in [0.4, 0.5) is 24.5 Å². The Kier molecular flexibility index (Phi) is 6.01. The number of nitrogens with one attached hydrogen (secondary N) is 2. The van der Waals surface area contributed by atoms with Crippen LogP contribution in [-0.2, 0) is 15.8 Å². The number of ether oxygens (including phenoxy) is 1. The normalized spacial score (nSPS) is 18.7. The van der Waals surface area contributed by atoms with Gasteiger partial charge in [0.15, 0.2) is 6.10 Å². The molecule has 33 heavy (non-hydrogen) atoms. The molecular formula is C23H22F3N3O4. The predicted octanol–water partition coefficient (Wildman–Crippen LogP) is 3.92. The Morgan fingerprint density at radius 3 is 2.39 bits per heavy atom. The third kappa shape index (κ3) is 4.94. The molecule has 1 unspecified atom stereocenters. The molecule has 2 N–H and O–H groups in total. The number of nitrogens with zero attached hydrogens (tertiary/aromatic N) is 1. The molecule has 0 saturated carbocycles. The number of rotatable bonds is 3. The number of fused-ring (bicyclic) bond motifs is 1. The summed E-state index contributed by atoms with van der Waals surface area (Å²) >= 11 is 0. The van der Waals surface area contributed by atoms with Crippen LogP contribution in [-0.4, -0.2) is 41.8 Å². The van der Waals surface area contributed by atoms with E-state index in [9.17, 15) is 27.6 Å². The van der Waals surface area contributed by atoms with Gasteiger partial charge in [-0.2, -0.15) is 13.2 Å². The van der Waals surface area contributed by atoms with Gasteiger partial charge in [0.1, 0.15) is 5.75 Å². The lowest BCUT2D eigenvalue weighted by molar-refractivity contribution is -0.137. The number of amides is 3. The van der Waals surface area contributed by atoms with Crippen LogP contribution in [0.5, 0.6) is 5.75 Å². The average molecular weight is 461 g/mol. The first kappa shape index (κ1) is 22.6. The Hall–Kier alpha value is -3.56. The van der Waals surface area contributed by atoms with Crippen molar-refractivity contribution < 1.29 is 32.3 Å². The molecule has 7 nitrogen and oxygen atoms in total. The molecule has 2 aliphatic heterocycles. The molecule has 10 heteroatoms. The molecule has 1 saturated heterocycles. The van der Waals surface area contributed by atoms with Crippen molar-refractivity contribution >= 4 is 29.1 Å². The van der Waals surface area contributed by atoms with Crippen molar-refractivity contribution in [2.45, 2.75) is 32.0 Å². The smallest absolute Gasteiger partial charge is 0.416 e. The summed E-state index contributed by atoms with van der Waals surface area (Å²) in [4.78, 5) is 38.6. The quantitative estimate of drug-likeness (QED) is 0.726. The molecule has 2 aliphatic rings. The summed E-state index contributed by atoms with van der Waals surface area (Å²) in [5, 5.41) is 5.55. The van der Waals surface area contributed by atoms with Crippen LogP contribution in [0.3, 0.4) is 0 Å². The van der Waals surface area contributed by atoms with Crippen LogP contribution in [0.25, 0.3) is 0 Å². The predicted molar refractivity (Wildman–Crippen MR) is 114 cm³/mol. The molecule has 0 spiro atoms. The number of piperidine rings is 1. The second kappa shape index (κ2) is 8.76. The lowest BCUT2D eigenvalue weighted by Gasteiger charge is -2.31. The maximum atomic E-state index is 12.7. The van der Waals surface area contributed by atoms with Crippen molar-refractivity contribution in [3.63, 3.8) is 0 Å². The highest BCUT2D eigenvalue weighted by atomic mass is 19.4. The fraction of sp³-hybridized carbons (Fsp3) is 0.348. The van der Waals surface area contributed by atoms with Crippen LogP contribution in [0.1, 0.15) is 35.7 Å². The molecule has 3 amide bonds. The minimum absolute atomic E-state index is 0.179. The van der Waals surface area contributed by atoms with Gasteiger partial charge in [-0.05, 0) is 62.2 Å². The minimum Gasteiger partial charge on any atom is -0.479 e. The monoisotopic (exact) mass is 461 g/mol. The molecule has 1 fully saturated rings. The minimum atomic E-state index is -4.46. The van der Waals surface area contributed by atoms with Gasteiger partial charge < -0.3 is 20.3 Å². The first-order chi connectivity index (χ1) is 15.6. The molecule has 4 rings (SSSR count). The van der Waals surface area contributed by atoms with E-state index in [1.165, 1.54) is 12.1 Å². The van der Waals surface area contributed by atoms with Gasteiger partial charge >= 0.3 is 6.18 Å². The Bertz CT molecular complexity index is 1080. The summed E-state index contributed by atoms with van der Waals surface area (Å²) in [7, 11) is 0. The summed E-state index contributed by atoms with van der Waals surface area (Å²) in [5.74, 6) is -0.620. The molecule has 2 aromatic rings. The largest absolute Gasteiger partial charge is 0.479 e. The SMILES string of the molecule is CC1Oc2ccc(NC(=O)C3CCN(C(=O)c4ccc(C(F)(F)F)cc4)CC3)cc2NC1=O. The number of hydrogen-bond donors (Lipinski definition) is 2. The number of halogens is 3. The average Bonchev–Trinajstić information content (AvgIpc) is 2.79. The van der Waals surface area contributed by atoms with E-state index in [2.05, 4.69) is 10.6 Å². The first-order valence-corrected chi connectivity index (χ1v) is 10.5. The molecule has 0 aromatic heterocycles. The second-order valence-corrected chi connectivity index (χ2v) is 8.09. The van der Waals surface area contributed by atoms with Crippen LogP contribution >= 0.6 is 0 Å². The number of carbonyl (C=O) groups is 3. The van der Waals surface area contributed by atoms with Crippen molar-refractivity contribution in [2.75, 3.05) is 23.7 Å². The molecule has 1 atom stereocenters. The van der Waals surface area contributed by atoms with Crippen LogP contribution in [0.15, 0.2) is 42.5 Å². The van der Waals surface area contributed by atoms with Crippen LogP contribution < -0.4 is 15.4 Å². The van der Waals surface area contributed by atoms with Gasteiger partial charge in [-0.15, -0.1) is 0 Å². The molecule has 0 bridgehead atoms. The number of likely N-dealkylation sites (tertiary alicyclic amines) is 1. The zero-order valence-electron chi connectivity index (χ0n) is 17.7. The second-order valence-electron chi connectivity index (χ2n) is 8.09. The van der Waals surface area contributed by atoms with E-state index < -0.39 is 17.8 Å². The van der Waals surface area contributed by atoms with E-state index in [0.717, 1.165) is 12.1 Å². The maximum absolute atomic E-state index is 12.7. The fourth-order valence-corrected chi connectivity index (χ4v) is 3.86. The molecular weight excluding hydrogens is 439 g/mol. The van der Waals surface area contributed by atoms with E-state index in [0.29, 0.717) is 43.1 Å². The van der Waals surface area contributed by atoms with Crippen LogP contribution in [0, 0.1) is 5.92 Å². The zero-order chi connectivity index (χ0) is 23.8. The summed E-state index contributed by atoms with van der Waals surface area (Å²) in [6.07, 6.45) is -4.18. The van der Waals surface area contributed by atoms with Crippen molar-refractivity contribution in [1.82, 2.24) is 4.90 Å². The summed E-state index contributed by atoms with van der Waals surface area (Å²) in [6.45, 7) is 2.29. The van der Waals surface area contributed by atoms with Gasteiger partial charge in [0.05, 0.1) is 11.3 Å². The number of alkyl halides is 3. The highest BCUT2D eigenvalue weighted by Crippen LogP contribution is 2.33. The number of hydrogen-bond acceptors (Lipinski definition) is 4. The summed E-state index contributed by atoms with van der Waals surface area (Å²) in [5.41, 5.74) is 0.365. The van der Waals surface area contributed by atoms with Gasteiger partial charge in [0, 0.05) is 30.3 Å². The zero-order valence-corrected chi connectivity index (χ0v) is 17.7. The van der Waals surface area contributed by atoms with Crippen LogP contribution in [0.2, 0.25) is 0 Å². The lowest BCUT2D eigenvalue weighted by atomic mass is 9.95. The highest BCUT2D eigenvalue weighted by Gasteiger charge is 2.32. The Morgan fingerprint density at radius 1 is 1.09 bits per heavy atom. The summed E-state index contributed by atoms with van der Waals surface area (Å²) < 4.78 is 43.6. The van der Waals surface area contributed by atoms with Gasteiger partial charge in [-0.3, -0.25) is 14.4 Å². The fourth-order valence-electron chi connectivity index (χ4n) is 3.86. The number of anilines is 2. The topological polar surface area (TPSA) is 87.7 Å². The van der Waals surface area contributed by atoms with E-state index in [1.54, 1.807) is 30.0 Å².